The smallest absolute Gasteiger partial charge is 0.254 e. The van der Waals surface area contributed by atoms with Crippen LogP contribution in [0.5, 0.6) is 0 Å². The Morgan fingerprint density at radius 2 is 2.04 bits per heavy atom. The molecule has 1 atom stereocenters. The summed E-state index contributed by atoms with van der Waals surface area (Å²) in [7, 11) is 0. The van der Waals surface area contributed by atoms with E-state index in [1.54, 1.807) is 18.2 Å². The Kier molecular flexibility index (Phi) is 5.50. The third-order valence-corrected chi connectivity index (χ3v) is 5.91. The number of benzene rings is 1. The molecule has 3 heterocycles. The van der Waals surface area contributed by atoms with Gasteiger partial charge in [-0.3, -0.25) is 4.79 Å². The third kappa shape index (κ3) is 4.06. The molecule has 6 heteroatoms. The molecule has 0 aromatic heterocycles. The number of halogens is 1. The number of carbonyl (C=O) groups excluding carboxylic acids is 1. The van der Waals surface area contributed by atoms with Crippen LogP contribution >= 0.6 is 11.6 Å². The van der Waals surface area contributed by atoms with Gasteiger partial charge in [-0.05, 0) is 43.4 Å². The van der Waals surface area contributed by atoms with E-state index in [2.05, 4.69) is 0 Å². The van der Waals surface area contributed by atoms with Crippen molar-refractivity contribution in [2.24, 2.45) is 5.92 Å². The molecule has 1 spiro atoms. The Morgan fingerprint density at radius 3 is 2.81 bits per heavy atom. The van der Waals surface area contributed by atoms with Crippen LogP contribution < -0.4 is 0 Å². The molecule has 3 fully saturated rings. The van der Waals surface area contributed by atoms with Gasteiger partial charge in [0.05, 0.1) is 19.2 Å². The van der Waals surface area contributed by atoms with Gasteiger partial charge in [0, 0.05) is 43.4 Å². The molecule has 3 saturated heterocycles. The van der Waals surface area contributed by atoms with Crippen LogP contribution in [0, 0.1) is 5.92 Å². The molecule has 26 heavy (non-hydrogen) atoms. The Morgan fingerprint density at radius 1 is 1.23 bits per heavy atom. The summed E-state index contributed by atoms with van der Waals surface area (Å²) in [4.78, 5) is 14.4. The average Bonchev–Trinajstić information content (AvgIpc) is 2.65. The van der Waals surface area contributed by atoms with Crippen LogP contribution in [0.15, 0.2) is 24.3 Å². The van der Waals surface area contributed by atoms with Gasteiger partial charge in [0.2, 0.25) is 0 Å². The van der Waals surface area contributed by atoms with Crippen LogP contribution in [0.1, 0.15) is 36.0 Å². The number of hydrogen-bond acceptors (Lipinski definition) is 4. The summed E-state index contributed by atoms with van der Waals surface area (Å²) in [5, 5.41) is 0.585. The first-order valence-corrected chi connectivity index (χ1v) is 9.89. The summed E-state index contributed by atoms with van der Waals surface area (Å²) in [5.41, 5.74) is 0.405. The number of nitrogens with zero attached hydrogens (tertiary/aromatic N) is 1. The van der Waals surface area contributed by atoms with E-state index in [0.717, 1.165) is 45.5 Å². The predicted octanol–water partition coefficient (Wildman–Crippen LogP) is 3.16. The van der Waals surface area contributed by atoms with Gasteiger partial charge in [-0.1, -0.05) is 17.7 Å². The topological polar surface area (TPSA) is 48.0 Å². The highest BCUT2D eigenvalue weighted by atomic mass is 35.5. The van der Waals surface area contributed by atoms with E-state index < -0.39 is 0 Å². The summed E-state index contributed by atoms with van der Waals surface area (Å²) < 4.78 is 17.6. The lowest BCUT2D eigenvalue weighted by molar-refractivity contribution is -0.188. The van der Waals surface area contributed by atoms with Crippen LogP contribution in [0.2, 0.25) is 5.02 Å². The van der Waals surface area contributed by atoms with Gasteiger partial charge in [0.15, 0.2) is 0 Å². The first-order chi connectivity index (χ1) is 12.6. The van der Waals surface area contributed by atoms with Gasteiger partial charge in [0.1, 0.15) is 5.60 Å². The van der Waals surface area contributed by atoms with Crippen LogP contribution in [0.3, 0.4) is 0 Å². The van der Waals surface area contributed by atoms with Gasteiger partial charge in [0.25, 0.3) is 5.91 Å². The summed E-state index contributed by atoms with van der Waals surface area (Å²) in [6.45, 7) is 4.50. The molecule has 4 rings (SSSR count). The molecule has 3 aliphatic rings. The molecule has 0 radical (unpaired) electrons. The fourth-order valence-corrected chi connectivity index (χ4v) is 4.32. The molecule has 0 aliphatic carbocycles. The zero-order valence-corrected chi connectivity index (χ0v) is 15.7. The maximum absolute atomic E-state index is 12.6. The molecule has 1 aromatic carbocycles. The van der Waals surface area contributed by atoms with E-state index in [0.29, 0.717) is 36.2 Å². The number of likely N-dealkylation sites (tertiary alicyclic amines) is 1. The summed E-state index contributed by atoms with van der Waals surface area (Å²) in [6.07, 6.45) is 4.23. The molecule has 0 N–H and O–H groups in total. The van der Waals surface area contributed by atoms with Crippen molar-refractivity contribution in [2.75, 3.05) is 39.5 Å². The highest BCUT2D eigenvalue weighted by molar-refractivity contribution is 6.30. The quantitative estimate of drug-likeness (QED) is 0.806. The maximum Gasteiger partial charge on any atom is 0.254 e. The fourth-order valence-electron chi connectivity index (χ4n) is 4.13. The van der Waals surface area contributed by atoms with Crippen molar-refractivity contribution in [1.82, 2.24) is 4.90 Å². The standard InChI is InChI=1S/C20H26ClNO4/c21-17-3-1-2-16(10-17)19(23)22-13-20(14-22)11-18(6-9-26-20)25-12-15-4-7-24-8-5-15/h1-3,10,15,18H,4-9,11-14H2/t18-/m0/s1. The zero-order chi connectivity index (χ0) is 18.0. The second-order valence-corrected chi connectivity index (χ2v) is 8.14. The SMILES string of the molecule is O=C(c1cccc(Cl)c1)N1CC2(C[C@@H](OCC3CCOCC3)CCO2)C1. The largest absolute Gasteiger partial charge is 0.381 e. The number of ether oxygens (including phenoxy) is 3. The van der Waals surface area contributed by atoms with E-state index in [-0.39, 0.29) is 17.6 Å². The molecule has 0 saturated carbocycles. The van der Waals surface area contributed by atoms with E-state index in [9.17, 15) is 4.79 Å². The Bertz CT molecular complexity index is 640. The minimum Gasteiger partial charge on any atom is -0.381 e. The number of carbonyl (C=O) groups is 1. The number of rotatable bonds is 4. The molecule has 0 bridgehead atoms. The molecular formula is C20H26ClNO4. The molecular weight excluding hydrogens is 354 g/mol. The van der Waals surface area contributed by atoms with Gasteiger partial charge < -0.3 is 19.1 Å². The highest BCUT2D eigenvalue weighted by Gasteiger charge is 2.49. The predicted molar refractivity (Wildman–Crippen MR) is 98.6 cm³/mol. The Balaban J connectivity index is 1.28. The molecule has 3 aliphatic heterocycles. The normalized spacial score (nSPS) is 25.9. The van der Waals surface area contributed by atoms with Gasteiger partial charge >= 0.3 is 0 Å². The molecule has 1 amide bonds. The first-order valence-electron chi connectivity index (χ1n) is 9.52. The molecule has 5 nitrogen and oxygen atoms in total. The van der Waals surface area contributed by atoms with Crippen molar-refractivity contribution in [3.63, 3.8) is 0 Å². The average molecular weight is 380 g/mol. The van der Waals surface area contributed by atoms with Crippen LogP contribution in [-0.4, -0.2) is 62.0 Å². The van der Waals surface area contributed by atoms with Crippen molar-refractivity contribution in [2.45, 2.75) is 37.4 Å². The lowest BCUT2D eigenvalue weighted by Gasteiger charge is -2.53. The van der Waals surface area contributed by atoms with E-state index in [1.807, 2.05) is 11.0 Å². The second kappa shape index (κ2) is 7.85. The van der Waals surface area contributed by atoms with Crippen molar-refractivity contribution < 1.29 is 19.0 Å². The van der Waals surface area contributed by atoms with Crippen molar-refractivity contribution in [3.8, 4) is 0 Å². The van der Waals surface area contributed by atoms with Crippen LogP contribution in [0.25, 0.3) is 0 Å². The number of amides is 1. The third-order valence-electron chi connectivity index (χ3n) is 5.67. The zero-order valence-electron chi connectivity index (χ0n) is 15.0. The summed E-state index contributed by atoms with van der Waals surface area (Å²) in [6, 6.07) is 7.11. The fraction of sp³-hybridized carbons (Fsp3) is 0.650. The second-order valence-electron chi connectivity index (χ2n) is 7.71. The lowest BCUT2D eigenvalue weighted by atomic mass is 9.84. The first kappa shape index (κ1) is 18.2. The van der Waals surface area contributed by atoms with Gasteiger partial charge in [-0.15, -0.1) is 0 Å². The molecule has 142 valence electrons. The van der Waals surface area contributed by atoms with Crippen LogP contribution in [0.4, 0.5) is 0 Å². The lowest BCUT2D eigenvalue weighted by Crippen LogP contribution is -2.67. The number of hydrogen-bond donors (Lipinski definition) is 0. The van der Waals surface area contributed by atoms with Crippen molar-refractivity contribution >= 4 is 17.5 Å². The van der Waals surface area contributed by atoms with Crippen molar-refractivity contribution in [1.29, 1.82) is 0 Å². The minimum absolute atomic E-state index is 0.0203. The Labute approximate surface area is 159 Å². The summed E-state index contributed by atoms with van der Waals surface area (Å²) in [5.74, 6) is 0.636. The Hall–Kier alpha value is -1.14. The van der Waals surface area contributed by atoms with Gasteiger partial charge in [-0.2, -0.15) is 0 Å². The van der Waals surface area contributed by atoms with E-state index >= 15 is 0 Å². The maximum atomic E-state index is 12.6. The molecule has 0 unspecified atom stereocenters. The van der Waals surface area contributed by atoms with E-state index in [4.69, 9.17) is 25.8 Å². The monoisotopic (exact) mass is 379 g/mol. The minimum atomic E-state index is -0.229. The highest BCUT2D eigenvalue weighted by Crippen LogP contribution is 2.36. The van der Waals surface area contributed by atoms with Crippen molar-refractivity contribution in [3.05, 3.63) is 34.9 Å². The molecule has 1 aromatic rings. The summed E-state index contributed by atoms with van der Waals surface area (Å²) >= 11 is 6.00. The van der Waals surface area contributed by atoms with E-state index in [1.165, 1.54) is 0 Å². The van der Waals surface area contributed by atoms with Gasteiger partial charge in [-0.25, -0.2) is 0 Å². The van der Waals surface area contributed by atoms with Crippen LogP contribution in [-0.2, 0) is 14.2 Å².